The number of H-pyrrole nitrogens is 1. The fraction of sp³-hybridized carbons (Fsp3) is 0.190. The first kappa shape index (κ1) is 16.9. The Balaban J connectivity index is 1.59. The van der Waals surface area contributed by atoms with E-state index < -0.39 is 0 Å². The molecule has 1 saturated heterocycles. The van der Waals surface area contributed by atoms with E-state index in [2.05, 4.69) is 24.8 Å². The van der Waals surface area contributed by atoms with E-state index in [-0.39, 0.29) is 11.7 Å². The zero-order valence-corrected chi connectivity index (χ0v) is 16.0. The van der Waals surface area contributed by atoms with E-state index in [0.717, 1.165) is 36.4 Å². The molecule has 5 heterocycles. The summed E-state index contributed by atoms with van der Waals surface area (Å²) in [5.41, 5.74) is 2.72. The molecule has 6 rings (SSSR count). The van der Waals surface area contributed by atoms with Crippen molar-refractivity contribution in [3.05, 3.63) is 77.6 Å². The van der Waals surface area contributed by atoms with Gasteiger partial charge in [-0.15, -0.1) is 0 Å². The first-order chi connectivity index (χ1) is 14.8. The van der Waals surface area contributed by atoms with Gasteiger partial charge >= 0.3 is 5.69 Å². The molecular formula is C21H18N8O. The van der Waals surface area contributed by atoms with Crippen molar-refractivity contribution in [2.24, 2.45) is 0 Å². The van der Waals surface area contributed by atoms with Gasteiger partial charge in [-0.05, 0) is 37.1 Å². The van der Waals surface area contributed by atoms with Crippen LogP contribution in [-0.4, -0.2) is 40.4 Å². The highest BCUT2D eigenvalue weighted by atomic mass is 16.1. The predicted octanol–water partition coefficient (Wildman–Crippen LogP) is 2.49. The number of nitrogens with zero attached hydrogens (tertiary/aromatic N) is 7. The molecule has 0 saturated carbocycles. The zero-order valence-electron chi connectivity index (χ0n) is 16.0. The van der Waals surface area contributed by atoms with E-state index in [1.165, 1.54) is 6.33 Å². The van der Waals surface area contributed by atoms with Crippen LogP contribution in [0.15, 0.2) is 66.1 Å². The minimum atomic E-state index is -0.132. The van der Waals surface area contributed by atoms with E-state index in [0.29, 0.717) is 17.1 Å². The van der Waals surface area contributed by atoms with Crippen molar-refractivity contribution in [2.75, 3.05) is 11.4 Å². The van der Waals surface area contributed by atoms with Gasteiger partial charge in [0.15, 0.2) is 11.5 Å². The van der Waals surface area contributed by atoms with E-state index >= 15 is 0 Å². The molecule has 4 aromatic heterocycles. The molecule has 1 aromatic carbocycles. The Hall–Kier alpha value is -4.01. The fourth-order valence-corrected chi connectivity index (χ4v) is 4.30. The lowest BCUT2D eigenvalue weighted by atomic mass is 10.2. The monoisotopic (exact) mass is 398 g/mol. The maximum atomic E-state index is 13.4. The van der Waals surface area contributed by atoms with Crippen LogP contribution in [0.3, 0.4) is 0 Å². The minimum absolute atomic E-state index is 0.0980. The molecule has 148 valence electrons. The van der Waals surface area contributed by atoms with Gasteiger partial charge in [0.25, 0.3) is 0 Å². The van der Waals surface area contributed by atoms with Crippen molar-refractivity contribution in [1.82, 2.24) is 33.9 Å². The second-order valence-electron chi connectivity index (χ2n) is 7.31. The second-order valence-corrected chi connectivity index (χ2v) is 7.31. The summed E-state index contributed by atoms with van der Waals surface area (Å²) in [5, 5.41) is 0. The third-order valence-electron chi connectivity index (χ3n) is 5.62. The molecule has 1 atom stereocenters. The number of aromatic nitrogens is 7. The molecule has 0 spiro atoms. The molecule has 0 radical (unpaired) electrons. The van der Waals surface area contributed by atoms with Gasteiger partial charge in [0.05, 0.1) is 18.1 Å². The third-order valence-corrected chi connectivity index (χ3v) is 5.62. The maximum absolute atomic E-state index is 13.4. The molecule has 9 heteroatoms. The lowest BCUT2D eigenvalue weighted by Crippen LogP contribution is -2.34. The van der Waals surface area contributed by atoms with Gasteiger partial charge in [-0.3, -0.25) is 4.40 Å². The average molecular weight is 398 g/mol. The Morgan fingerprint density at radius 1 is 1.03 bits per heavy atom. The number of hydrogen-bond acceptors (Lipinski definition) is 6. The van der Waals surface area contributed by atoms with Crippen LogP contribution in [0.25, 0.3) is 22.5 Å². The molecule has 1 unspecified atom stereocenters. The number of imidazole rings is 1. The van der Waals surface area contributed by atoms with Crippen molar-refractivity contribution < 1.29 is 0 Å². The van der Waals surface area contributed by atoms with E-state index in [1.54, 1.807) is 21.5 Å². The first-order valence-electron chi connectivity index (χ1n) is 9.87. The Labute approximate surface area is 170 Å². The van der Waals surface area contributed by atoms with Crippen LogP contribution in [-0.2, 0) is 0 Å². The number of hydrogen-bond donors (Lipinski definition) is 1. The Kier molecular flexibility index (Phi) is 3.67. The minimum Gasteiger partial charge on any atom is -0.345 e. The molecule has 0 bridgehead atoms. The number of anilines is 1. The Morgan fingerprint density at radius 2 is 1.93 bits per heavy atom. The molecular weight excluding hydrogens is 380 g/mol. The van der Waals surface area contributed by atoms with Gasteiger partial charge in [0.2, 0.25) is 0 Å². The van der Waals surface area contributed by atoms with Gasteiger partial charge in [0, 0.05) is 12.7 Å². The van der Waals surface area contributed by atoms with E-state index in [9.17, 15) is 4.79 Å². The summed E-state index contributed by atoms with van der Waals surface area (Å²) in [5.74, 6) is 1.49. The summed E-state index contributed by atoms with van der Waals surface area (Å²) in [6.45, 7) is 0.812. The first-order valence-corrected chi connectivity index (χ1v) is 9.87. The summed E-state index contributed by atoms with van der Waals surface area (Å²) >= 11 is 0. The van der Waals surface area contributed by atoms with Gasteiger partial charge in [-0.2, -0.15) is 0 Å². The van der Waals surface area contributed by atoms with Gasteiger partial charge in [-0.25, -0.2) is 29.3 Å². The lowest BCUT2D eigenvalue weighted by Gasteiger charge is -2.27. The van der Waals surface area contributed by atoms with Crippen LogP contribution in [0, 0.1) is 0 Å². The standard InChI is InChI=1S/C21H18N8O/c30-21-28-11-5-9-16(28)26-19(29(21)14-6-2-1-3-7-14)15-8-4-10-27(15)20-17-18(23-12-22-17)24-13-25-20/h1-3,5-7,9,11-13,15H,4,8,10H2,(H,22,23,24,25). The lowest BCUT2D eigenvalue weighted by molar-refractivity contribution is 0.617. The molecule has 9 nitrogen and oxygen atoms in total. The van der Waals surface area contributed by atoms with Crippen molar-refractivity contribution >= 4 is 22.6 Å². The maximum Gasteiger partial charge on any atom is 0.339 e. The molecule has 5 aromatic rings. The quantitative estimate of drug-likeness (QED) is 0.502. The van der Waals surface area contributed by atoms with Crippen molar-refractivity contribution in [2.45, 2.75) is 18.9 Å². The molecule has 0 amide bonds. The van der Waals surface area contributed by atoms with Gasteiger partial charge < -0.3 is 9.88 Å². The molecule has 1 aliphatic heterocycles. The van der Waals surface area contributed by atoms with E-state index in [4.69, 9.17) is 4.98 Å². The van der Waals surface area contributed by atoms with Crippen molar-refractivity contribution in [1.29, 1.82) is 0 Å². The SMILES string of the molecule is O=c1n(-c2ccccc2)c(C2CCCN2c2ncnc3nc[nH]c23)nc2cccn12. The Bertz CT molecular complexity index is 1420. The highest BCUT2D eigenvalue weighted by molar-refractivity contribution is 5.83. The predicted molar refractivity (Wildman–Crippen MR) is 112 cm³/mol. The molecule has 30 heavy (non-hydrogen) atoms. The number of benzene rings is 1. The Morgan fingerprint density at radius 3 is 2.83 bits per heavy atom. The second kappa shape index (κ2) is 6.51. The fourth-order valence-electron chi connectivity index (χ4n) is 4.30. The van der Waals surface area contributed by atoms with Crippen LogP contribution in [0.4, 0.5) is 5.82 Å². The number of rotatable bonds is 3. The molecule has 0 aliphatic carbocycles. The molecule has 1 aliphatic rings. The smallest absolute Gasteiger partial charge is 0.339 e. The summed E-state index contributed by atoms with van der Waals surface area (Å²) in [6, 6.07) is 13.3. The van der Waals surface area contributed by atoms with Crippen LogP contribution in [0.1, 0.15) is 24.7 Å². The topological polar surface area (TPSA) is 97.0 Å². The summed E-state index contributed by atoms with van der Waals surface area (Å²) in [4.78, 5) is 36.7. The number of fused-ring (bicyclic) bond motifs is 2. The van der Waals surface area contributed by atoms with Crippen LogP contribution >= 0.6 is 0 Å². The van der Waals surface area contributed by atoms with Gasteiger partial charge in [0.1, 0.15) is 23.3 Å². The van der Waals surface area contributed by atoms with Crippen molar-refractivity contribution in [3.63, 3.8) is 0 Å². The third kappa shape index (κ3) is 2.45. The average Bonchev–Trinajstić information content (AvgIpc) is 3.53. The number of nitrogens with one attached hydrogen (secondary N) is 1. The van der Waals surface area contributed by atoms with Crippen LogP contribution < -0.4 is 10.6 Å². The van der Waals surface area contributed by atoms with Crippen LogP contribution in [0.2, 0.25) is 0 Å². The summed E-state index contributed by atoms with van der Waals surface area (Å²) < 4.78 is 3.29. The zero-order chi connectivity index (χ0) is 20.1. The number of para-hydroxylation sites is 1. The summed E-state index contributed by atoms with van der Waals surface area (Å²) in [7, 11) is 0. The van der Waals surface area contributed by atoms with E-state index in [1.807, 2.05) is 42.5 Å². The normalized spacial score (nSPS) is 16.7. The highest BCUT2D eigenvalue weighted by Crippen LogP contribution is 2.36. The largest absolute Gasteiger partial charge is 0.345 e. The summed E-state index contributed by atoms with van der Waals surface area (Å²) in [6.07, 6.45) is 6.75. The molecule has 1 N–H and O–H groups in total. The number of aromatic amines is 1. The molecule has 1 fully saturated rings. The van der Waals surface area contributed by atoms with Crippen LogP contribution in [0.5, 0.6) is 0 Å². The van der Waals surface area contributed by atoms with Gasteiger partial charge in [-0.1, -0.05) is 18.2 Å². The van der Waals surface area contributed by atoms with Crippen molar-refractivity contribution in [3.8, 4) is 5.69 Å². The highest BCUT2D eigenvalue weighted by Gasteiger charge is 2.33.